The topological polar surface area (TPSA) is 67.9 Å². The number of rotatable bonds is 2. The second-order valence-electron chi connectivity index (χ2n) is 3.85. The number of fused-ring (bicyclic) bond motifs is 1. The SMILES string of the molecule is CC(=O)OC(C#N)c1ncn2c1CCCC2. The normalized spacial score (nSPS) is 16.0. The Bertz CT molecular complexity index is 445. The van der Waals surface area contributed by atoms with Crippen LogP contribution in [0.5, 0.6) is 0 Å². The summed E-state index contributed by atoms with van der Waals surface area (Å²) in [6.07, 6.45) is 3.98. The van der Waals surface area contributed by atoms with Crippen LogP contribution in [-0.2, 0) is 22.5 Å². The van der Waals surface area contributed by atoms with Crippen molar-refractivity contribution < 1.29 is 9.53 Å². The highest BCUT2D eigenvalue weighted by molar-refractivity contribution is 5.66. The van der Waals surface area contributed by atoms with Gasteiger partial charge in [-0.2, -0.15) is 5.26 Å². The Labute approximate surface area is 93.7 Å². The number of imidazole rings is 1. The van der Waals surface area contributed by atoms with Crippen LogP contribution >= 0.6 is 0 Å². The molecule has 1 aliphatic rings. The number of carbonyl (C=O) groups is 1. The molecule has 16 heavy (non-hydrogen) atoms. The number of carbonyl (C=O) groups excluding carboxylic acids is 1. The fraction of sp³-hybridized carbons (Fsp3) is 0.545. The van der Waals surface area contributed by atoms with Crippen molar-refractivity contribution in [3.8, 4) is 6.07 Å². The molecule has 1 aromatic rings. The molecule has 0 aliphatic carbocycles. The number of hydrogen-bond acceptors (Lipinski definition) is 4. The maximum Gasteiger partial charge on any atom is 0.304 e. The molecule has 0 bridgehead atoms. The van der Waals surface area contributed by atoms with Gasteiger partial charge >= 0.3 is 5.97 Å². The first-order chi connectivity index (χ1) is 7.72. The molecule has 5 heteroatoms. The zero-order valence-electron chi connectivity index (χ0n) is 9.14. The van der Waals surface area contributed by atoms with E-state index in [-0.39, 0.29) is 0 Å². The molecular formula is C11H13N3O2. The minimum Gasteiger partial charge on any atom is -0.440 e. The average molecular weight is 219 g/mol. The average Bonchev–Trinajstić information content (AvgIpc) is 2.69. The van der Waals surface area contributed by atoms with Crippen LogP contribution in [0.25, 0.3) is 0 Å². The van der Waals surface area contributed by atoms with Gasteiger partial charge in [-0.1, -0.05) is 0 Å². The molecule has 5 nitrogen and oxygen atoms in total. The van der Waals surface area contributed by atoms with Crippen LogP contribution in [0, 0.1) is 11.3 Å². The Hall–Kier alpha value is -1.83. The third-order valence-corrected chi connectivity index (χ3v) is 2.69. The van der Waals surface area contributed by atoms with Gasteiger partial charge in [0.25, 0.3) is 0 Å². The van der Waals surface area contributed by atoms with Gasteiger partial charge in [-0.25, -0.2) is 4.98 Å². The van der Waals surface area contributed by atoms with Crippen molar-refractivity contribution >= 4 is 5.97 Å². The van der Waals surface area contributed by atoms with Crippen LogP contribution in [-0.4, -0.2) is 15.5 Å². The number of nitrogens with zero attached hydrogens (tertiary/aromatic N) is 3. The minimum atomic E-state index is -0.869. The zero-order valence-corrected chi connectivity index (χ0v) is 9.14. The Morgan fingerprint density at radius 3 is 3.19 bits per heavy atom. The van der Waals surface area contributed by atoms with Crippen LogP contribution in [0.15, 0.2) is 6.33 Å². The molecule has 1 atom stereocenters. The van der Waals surface area contributed by atoms with E-state index in [1.165, 1.54) is 6.92 Å². The van der Waals surface area contributed by atoms with E-state index in [1.54, 1.807) is 6.33 Å². The molecule has 1 unspecified atom stereocenters. The van der Waals surface area contributed by atoms with Gasteiger partial charge in [0.1, 0.15) is 11.8 Å². The minimum absolute atomic E-state index is 0.455. The lowest BCUT2D eigenvalue weighted by molar-refractivity contribution is -0.144. The van der Waals surface area contributed by atoms with Crippen LogP contribution in [0.1, 0.15) is 37.3 Å². The van der Waals surface area contributed by atoms with E-state index in [0.717, 1.165) is 31.5 Å². The largest absolute Gasteiger partial charge is 0.440 e. The summed E-state index contributed by atoms with van der Waals surface area (Å²) in [6.45, 7) is 2.23. The van der Waals surface area contributed by atoms with Crippen LogP contribution in [0.4, 0.5) is 0 Å². The van der Waals surface area contributed by atoms with Crippen molar-refractivity contribution in [3.63, 3.8) is 0 Å². The molecule has 2 heterocycles. The first-order valence-corrected chi connectivity index (χ1v) is 5.33. The van der Waals surface area contributed by atoms with Crippen LogP contribution < -0.4 is 0 Å². The number of esters is 1. The summed E-state index contributed by atoms with van der Waals surface area (Å²) in [4.78, 5) is 15.1. The fourth-order valence-electron chi connectivity index (χ4n) is 1.99. The van der Waals surface area contributed by atoms with Crippen molar-refractivity contribution in [2.45, 2.75) is 38.8 Å². The van der Waals surface area contributed by atoms with E-state index in [2.05, 4.69) is 4.98 Å². The molecule has 84 valence electrons. The molecule has 0 spiro atoms. The number of aryl methyl sites for hydroxylation is 1. The lowest BCUT2D eigenvalue weighted by Crippen LogP contribution is -2.14. The van der Waals surface area contributed by atoms with Crippen molar-refractivity contribution in [2.75, 3.05) is 0 Å². The molecule has 0 fully saturated rings. The molecule has 1 aromatic heterocycles. The summed E-state index contributed by atoms with van der Waals surface area (Å²) in [5, 5.41) is 8.97. The Morgan fingerprint density at radius 2 is 2.50 bits per heavy atom. The van der Waals surface area contributed by atoms with Gasteiger partial charge in [-0.3, -0.25) is 4.79 Å². The molecule has 0 radical (unpaired) electrons. The highest BCUT2D eigenvalue weighted by Crippen LogP contribution is 2.24. The number of aromatic nitrogens is 2. The summed E-state index contributed by atoms with van der Waals surface area (Å²) in [5.74, 6) is -0.455. The Balaban J connectivity index is 2.28. The predicted octanol–water partition coefficient (Wildman–Crippen LogP) is 1.35. The van der Waals surface area contributed by atoms with E-state index in [9.17, 15) is 4.79 Å². The van der Waals surface area contributed by atoms with Gasteiger partial charge in [0.05, 0.1) is 6.33 Å². The third-order valence-electron chi connectivity index (χ3n) is 2.69. The van der Waals surface area contributed by atoms with E-state index in [1.807, 2.05) is 10.6 Å². The molecule has 0 aromatic carbocycles. The monoisotopic (exact) mass is 219 g/mol. The second kappa shape index (κ2) is 4.35. The predicted molar refractivity (Wildman–Crippen MR) is 55.3 cm³/mol. The number of ether oxygens (including phenoxy) is 1. The first kappa shape index (κ1) is 10.7. The summed E-state index contributed by atoms with van der Waals surface area (Å²) in [7, 11) is 0. The number of hydrogen-bond donors (Lipinski definition) is 0. The van der Waals surface area contributed by atoms with Crippen LogP contribution in [0.3, 0.4) is 0 Å². The van der Waals surface area contributed by atoms with Crippen LogP contribution in [0.2, 0.25) is 0 Å². The van der Waals surface area contributed by atoms with Gasteiger partial charge in [-0.05, 0) is 19.3 Å². The molecule has 0 saturated carbocycles. The van der Waals surface area contributed by atoms with Crippen molar-refractivity contribution in [2.24, 2.45) is 0 Å². The van der Waals surface area contributed by atoms with E-state index >= 15 is 0 Å². The molecule has 1 aliphatic heterocycles. The molecule has 0 saturated heterocycles. The lowest BCUT2D eigenvalue weighted by atomic mass is 10.1. The zero-order chi connectivity index (χ0) is 11.5. The quantitative estimate of drug-likeness (QED) is 0.704. The molecule has 0 amide bonds. The highest BCUT2D eigenvalue weighted by atomic mass is 16.5. The number of nitriles is 1. The first-order valence-electron chi connectivity index (χ1n) is 5.33. The van der Waals surface area contributed by atoms with Gasteiger partial charge < -0.3 is 9.30 Å². The van der Waals surface area contributed by atoms with Crippen molar-refractivity contribution in [3.05, 3.63) is 17.7 Å². The summed E-state index contributed by atoms with van der Waals surface area (Å²) >= 11 is 0. The second-order valence-corrected chi connectivity index (χ2v) is 3.85. The van der Waals surface area contributed by atoms with E-state index in [0.29, 0.717) is 5.69 Å². The van der Waals surface area contributed by atoms with E-state index < -0.39 is 12.1 Å². The smallest absolute Gasteiger partial charge is 0.304 e. The molecular weight excluding hydrogens is 206 g/mol. The van der Waals surface area contributed by atoms with Gasteiger partial charge in [0, 0.05) is 19.2 Å². The lowest BCUT2D eigenvalue weighted by Gasteiger charge is -2.16. The molecule has 2 rings (SSSR count). The molecule has 0 N–H and O–H groups in total. The Kier molecular flexibility index (Phi) is 2.91. The van der Waals surface area contributed by atoms with Crippen molar-refractivity contribution in [1.29, 1.82) is 5.26 Å². The summed E-state index contributed by atoms with van der Waals surface area (Å²) in [6, 6.07) is 1.97. The van der Waals surface area contributed by atoms with Gasteiger partial charge in [0.15, 0.2) is 0 Å². The van der Waals surface area contributed by atoms with E-state index in [4.69, 9.17) is 10.00 Å². The third kappa shape index (κ3) is 1.91. The van der Waals surface area contributed by atoms with Gasteiger partial charge in [0.2, 0.25) is 6.10 Å². The standard InChI is InChI=1S/C11H13N3O2/c1-8(15)16-10(6-12)11-9-4-2-3-5-14(9)7-13-11/h7,10H,2-5H2,1H3. The maximum atomic E-state index is 10.9. The van der Waals surface area contributed by atoms with Crippen molar-refractivity contribution in [1.82, 2.24) is 9.55 Å². The maximum absolute atomic E-state index is 10.9. The summed E-state index contributed by atoms with van der Waals surface area (Å²) < 4.78 is 6.97. The van der Waals surface area contributed by atoms with Gasteiger partial charge in [-0.15, -0.1) is 0 Å². The fourth-order valence-corrected chi connectivity index (χ4v) is 1.99. The highest BCUT2D eigenvalue weighted by Gasteiger charge is 2.23. The Morgan fingerprint density at radius 1 is 1.69 bits per heavy atom. The summed E-state index contributed by atoms with van der Waals surface area (Å²) in [5.41, 5.74) is 1.62.